The first-order valence-electron chi connectivity index (χ1n) is 8.14. The molecule has 0 aromatic carbocycles. The summed E-state index contributed by atoms with van der Waals surface area (Å²) < 4.78 is 5.79. The molecule has 112 valence electrons. The number of rotatable bonds is 3. The molecule has 2 aliphatic rings. The number of hydrogen-bond donors (Lipinski definition) is 1. The highest BCUT2D eigenvalue weighted by Crippen LogP contribution is 2.39. The van der Waals surface area contributed by atoms with Crippen LogP contribution in [-0.4, -0.2) is 42.8 Å². The maximum absolute atomic E-state index is 6.20. The molecule has 3 heteroatoms. The van der Waals surface area contributed by atoms with Crippen LogP contribution in [0.4, 0.5) is 0 Å². The number of nitrogens with two attached hydrogens (primary N) is 1. The van der Waals surface area contributed by atoms with Crippen LogP contribution in [0.5, 0.6) is 0 Å². The lowest BCUT2D eigenvalue weighted by atomic mass is 9.72. The molecule has 2 fully saturated rings. The molecule has 2 N–H and O–H groups in total. The van der Waals surface area contributed by atoms with Crippen LogP contribution in [0, 0.1) is 11.8 Å². The third-order valence-electron chi connectivity index (χ3n) is 5.41. The monoisotopic (exact) mass is 268 g/mol. The Labute approximate surface area is 118 Å². The third-order valence-corrected chi connectivity index (χ3v) is 5.41. The van der Waals surface area contributed by atoms with Crippen LogP contribution < -0.4 is 5.73 Å². The summed E-state index contributed by atoms with van der Waals surface area (Å²) in [7, 11) is 0. The molecule has 2 rings (SSSR count). The first-order chi connectivity index (χ1) is 9.07. The Morgan fingerprint density at radius 3 is 2.58 bits per heavy atom. The fraction of sp³-hybridized carbons (Fsp3) is 1.00. The van der Waals surface area contributed by atoms with Gasteiger partial charge in [0, 0.05) is 31.8 Å². The molecule has 1 aliphatic carbocycles. The lowest BCUT2D eigenvalue weighted by Gasteiger charge is -2.48. The molecule has 3 nitrogen and oxygen atoms in total. The van der Waals surface area contributed by atoms with Gasteiger partial charge in [-0.3, -0.25) is 4.90 Å². The highest BCUT2D eigenvalue weighted by Gasteiger charge is 2.40. The lowest BCUT2D eigenvalue weighted by molar-refractivity contribution is 0.00960. The molecule has 0 bridgehead atoms. The van der Waals surface area contributed by atoms with Gasteiger partial charge in [-0.05, 0) is 50.9 Å². The van der Waals surface area contributed by atoms with Crippen molar-refractivity contribution >= 4 is 0 Å². The van der Waals surface area contributed by atoms with Crippen LogP contribution in [0.2, 0.25) is 0 Å². The molecule has 0 aromatic rings. The second kappa shape index (κ2) is 6.55. The van der Waals surface area contributed by atoms with Crippen molar-refractivity contribution in [3.05, 3.63) is 0 Å². The topological polar surface area (TPSA) is 38.5 Å². The van der Waals surface area contributed by atoms with Crippen LogP contribution in [0.25, 0.3) is 0 Å². The molecule has 0 amide bonds. The van der Waals surface area contributed by atoms with Crippen molar-refractivity contribution in [2.75, 3.05) is 26.2 Å². The minimum atomic E-state index is 0.257. The summed E-state index contributed by atoms with van der Waals surface area (Å²) in [6.07, 6.45) is 6.76. The van der Waals surface area contributed by atoms with Gasteiger partial charge in [0.1, 0.15) is 0 Å². The van der Waals surface area contributed by atoms with E-state index in [0.717, 1.165) is 44.5 Å². The van der Waals surface area contributed by atoms with E-state index in [1.807, 2.05) is 0 Å². The molecule has 1 atom stereocenters. The van der Waals surface area contributed by atoms with Gasteiger partial charge < -0.3 is 10.5 Å². The average molecular weight is 268 g/mol. The Morgan fingerprint density at radius 2 is 2.00 bits per heavy atom. The molecule has 1 unspecified atom stereocenters. The summed E-state index contributed by atoms with van der Waals surface area (Å²) in [6, 6.07) is 0. The maximum Gasteiger partial charge on any atom is 0.0674 e. The van der Waals surface area contributed by atoms with E-state index in [0.29, 0.717) is 6.10 Å². The Kier molecular flexibility index (Phi) is 5.27. The lowest BCUT2D eigenvalue weighted by Crippen LogP contribution is -2.57. The fourth-order valence-corrected chi connectivity index (χ4v) is 3.92. The van der Waals surface area contributed by atoms with Gasteiger partial charge in [0.15, 0.2) is 0 Å². The first-order valence-corrected chi connectivity index (χ1v) is 8.14. The highest BCUT2D eigenvalue weighted by atomic mass is 16.5. The minimum absolute atomic E-state index is 0.257. The molecule has 0 aromatic heterocycles. The molecule has 1 saturated heterocycles. The zero-order chi connectivity index (χ0) is 13.9. The van der Waals surface area contributed by atoms with Gasteiger partial charge in [0.05, 0.1) is 6.10 Å². The summed E-state index contributed by atoms with van der Waals surface area (Å²) >= 11 is 0. The Balaban J connectivity index is 2.02. The molecule has 1 aliphatic heterocycles. The summed E-state index contributed by atoms with van der Waals surface area (Å²) in [4.78, 5) is 2.65. The van der Waals surface area contributed by atoms with Gasteiger partial charge in [-0.1, -0.05) is 13.8 Å². The maximum atomic E-state index is 6.20. The van der Waals surface area contributed by atoms with Crippen LogP contribution in [0.15, 0.2) is 0 Å². The van der Waals surface area contributed by atoms with E-state index in [4.69, 9.17) is 10.5 Å². The van der Waals surface area contributed by atoms with Crippen molar-refractivity contribution < 1.29 is 4.74 Å². The predicted molar refractivity (Wildman–Crippen MR) is 80.2 cm³/mol. The predicted octanol–water partition coefficient (Wildman–Crippen LogP) is 2.64. The zero-order valence-corrected chi connectivity index (χ0v) is 13.0. The van der Waals surface area contributed by atoms with Crippen molar-refractivity contribution in [2.24, 2.45) is 17.6 Å². The molecular formula is C16H32N2O. The number of hydrogen-bond acceptors (Lipinski definition) is 3. The van der Waals surface area contributed by atoms with E-state index >= 15 is 0 Å². The van der Waals surface area contributed by atoms with Crippen LogP contribution in [0.1, 0.15) is 52.9 Å². The van der Waals surface area contributed by atoms with Gasteiger partial charge >= 0.3 is 0 Å². The molecule has 0 spiro atoms. The molecule has 1 heterocycles. The average Bonchev–Trinajstić information content (AvgIpc) is 2.63. The van der Waals surface area contributed by atoms with Crippen LogP contribution in [0.3, 0.4) is 0 Å². The van der Waals surface area contributed by atoms with Gasteiger partial charge in [0.25, 0.3) is 0 Å². The Hall–Kier alpha value is -0.120. The largest absolute Gasteiger partial charge is 0.377 e. The summed E-state index contributed by atoms with van der Waals surface area (Å²) in [5.74, 6) is 1.72. The van der Waals surface area contributed by atoms with Gasteiger partial charge in [-0.15, -0.1) is 0 Å². The normalized spacial score (nSPS) is 38.4. The quantitative estimate of drug-likeness (QED) is 0.855. The van der Waals surface area contributed by atoms with Crippen molar-refractivity contribution in [1.82, 2.24) is 4.90 Å². The number of ether oxygens (including phenoxy) is 1. The second-order valence-corrected chi connectivity index (χ2v) is 6.99. The standard InChI is InChI=1S/C16H32N2O/c1-13(2)15-5-7-16(12-17,8-6-15)18-9-4-10-19-14(3)11-18/h13-15H,4-12,17H2,1-3H3. The summed E-state index contributed by atoms with van der Waals surface area (Å²) in [5.41, 5.74) is 6.46. The van der Waals surface area contributed by atoms with Gasteiger partial charge in [-0.25, -0.2) is 0 Å². The van der Waals surface area contributed by atoms with E-state index in [1.165, 1.54) is 25.7 Å². The second-order valence-electron chi connectivity index (χ2n) is 6.99. The van der Waals surface area contributed by atoms with Gasteiger partial charge in [-0.2, -0.15) is 0 Å². The molecular weight excluding hydrogens is 236 g/mol. The summed E-state index contributed by atoms with van der Waals surface area (Å²) in [5, 5.41) is 0. The molecule has 19 heavy (non-hydrogen) atoms. The van der Waals surface area contributed by atoms with Crippen molar-refractivity contribution in [3.8, 4) is 0 Å². The fourth-order valence-electron chi connectivity index (χ4n) is 3.92. The minimum Gasteiger partial charge on any atom is -0.377 e. The molecule has 0 radical (unpaired) electrons. The SMILES string of the molecule is CC1CN(C2(CN)CCC(C(C)C)CC2)CCCO1. The first kappa shape index (κ1) is 15.3. The Bertz CT molecular complexity index is 272. The van der Waals surface area contributed by atoms with Crippen molar-refractivity contribution in [2.45, 2.75) is 64.5 Å². The molecule has 1 saturated carbocycles. The smallest absolute Gasteiger partial charge is 0.0674 e. The van der Waals surface area contributed by atoms with E-state index < -0.39 is 0 Å². The van der Waals surface area contributed by atoms with Crippen LogP contribution in [-0.2, 0) is 4.74 Å². The number of nitrogens with zero attached hydrogens (tertiary/aromatic N) is 1. The van der Waals surface area contributed by atoms with E-state index in [9.17, 15) is 0 Å². The van der Waals surface area contributed by atoms with E-state index in [2.05, 4.69) is 25.7 Å². The van der Waals surface area contributed by atoms with Crippen molar-refractivity contribution in [3.63, 3.8) is 0 Å². The highest BCUT2D eigenvalue weighted by molar-refractivity contribution is 4.97. The zero-order valence-electron chi connectivity index (χ0n) is 13.0. The third kappa shape index (κ3) is 3.50. The Morgan fingerprint density at radius 1 is 1.32 bits per heavy atom. The van der Waals surface area contributed by atoms with E-state index in [1.54, 1.807) is 0 Å². The van der Waals surface area contributed by atoms with E-state index in [-0.39, 0.29) is 5.54 Å². The summed E-state index contributed by atoms with van der Waals surface area (Å²) in [6.45, 7) is 10.9. The van der Waals surface area contributed by atoms with Gasteiger partial charge in [0.2, 0.25) is 0 Å². The van der Waals surface area contributed by atoms with Crippen molar-refractivity contribution in [1.29, 1.82) is 0 Å². The van der Waals surface area contributed by atoms with Crippen LogP contribution >= 0.6 is 0 Å².